The summed E-state index contributed by atoms with van der Waals surface area (Å²) in [5.74, 6) is 1.58. The van der Waals surface area contributed by atoms with Crippen LogP contribution in [-0.4, -0.2) is 20.2 Å². The van der Waals surface area contributed by atoms with Gasteiger partial charge in [-0.3, -0.25) is 5.10 Å². The molecule has 5 heteroatoms. The van der Waals surface area contributed by atoms with Crippen molar-refractivity contribution in [2.24, 2.45) is 0 Å². The topological polar surface area (TPSA) is 63.7 Å². The molecule has 5 aromatic rings. The number of pyridine rings is 1. The van der Waals surface area contributed by atoms with E-state index < -0.39 is 0 Å². The van der Waals surface area contributed by atoms with Crippen molar-refractivity contribution in [3.05, 3.63) is 108 Å². The van der Waals surface area contributed by atoms with Crippen LogP contribution in [0.1, 0.15) is 16.8 Å². The molecular formula is C26H20N4O. The molecule has 0 spiro atoms. The van der Waals surface area contributed by atoms with Crippen LogP contribution in [0.25, 0.3) is 34.4 Å². The van der Waals surface area contributed by atoms with Crippen molar-refractivity contribution in [1.82, 2.24) is 20.2 Å². The summed E-state index contributed by atoms with van der Waals surface area (Å²) in [4.78, 5) is 8.85. The van der Waals surface area contributed by atoms with Crippen LogP contribution in [0, 0.1) is 0 Å². The highest BCUT2D eigenvalue weighted by Crippen LogP contribution is 2.19. The number of nitrogens with one attached hydrogen (secondary N) is 1. The number of aromatic nitrogens is 4. The molecule has 0 atom stereocenters. The first-order valence-electron chi connectivity index (χ1n) is 10.0. The first-order valence-corrected chi connectivity index (χ1v) is 10.0. The van der Waals surface area contributed by atoms with Crippen LogP contribution in [0.3, 0.4) is 0 Å². The van der Waals surface area contributed by atoms with Crippen molar-refractivity contribution in [3.63, 3.8) is 0 Å². The van der Waals surface area contributed by atoms with E-state index >= 15 is 0 Å². The van der Waals surface area contributed by atoms with Crippen LogP contribution < -0.4 is 4.74 Å². The molecule has 5 rings (SSSR count). The van der Waals surface area contributed by atoms with Gasteiger partial charge in [0.15, 0.2) is 5.82 Å². The summed E-state index contributed by atoms with van der Waals surface area (Å²) >= 11 is 0. The Morgan fingerprint density at radius 3 is 2.55 bits per heavy atom. The maximum absolute atomic E-state index is 5.91. The molecule has 2 heterocycles. The van der Waals surface area contributed by atoms with Gasteiger partial charge >= 0.3 is 0 Å². The smallest absolute Gasteiger partial charge is 0.155 e. The molecule has 150 valence electrons. The number of H-pyrrole nitrogens is 1. The summed E-state index contributed by atoms with van der Waals surface area (Å²) in [6, 6.07) is 28.4. The first-order chi connectivity index (χ1) is 15.3. The zero-order valence-electron chi connectivity index (χ0n) is 16.8. The largest absolute Gasteiger partial charge is 0.487 e. The van der Waals surface area contributed by atoms with Crippen molar-refractivity contribution in [2.75, 3.05) is 0 Å². The molecule has 0 aliphatic rings. The molecule has 0 amide bonds. The van der Waals surface area contributed by atoms with Gasteiger partial charge in [0.2, 0.25) is 0 Å². The third kappa shape index (κ3) is 4.51. The fourth-order valence-corrected chi connectivity index (χ4v) is 3.35. The molecular weight excluding hydrogens is 384 g/mol. The minimum atomic E-state index is 0.439. The molecule has 3 aromatic carbocycles. The molecule has 0 radical (unpaired) electrons. The number of benzene rings is 3. The Balaban J connectivity index is 1.23. The summed E-state index contributed by atoms with van der Waals surface area (Å²) in [6.45, 7) is 0.439. The van der Waals surface area contributed by atoms with Gasteiger partial charge in [0.05, 0.1) is 11.2 Å². The summed E-state index contributed by atoms with van der Waals surface area (Å²) in [6.07, 6.45) is 5.67. The second-order valence-corrected chi connectivity index (χ2v) is 7.15. The van der Waals surface area contributed by atoms with E-state index in [1.54, 1.807) is 0 Å². The standard InChI is InChI=1S/C26H20N4O/c1-2-7-25-21(5-1)12-13-23(29-25)17-31-24-14-10-19(11-15-24)8-9-20-4-3-6-22(16-20)26-27-18-28-30-26/h1-16,18H,17H2,(H,27,28,30)/b9-8+. The Kier molecular flexibility index (Phi) is 5.22. The zero-order chi connectivity index (χ0) is 20.9. The second-order valence-electron chi connectivity index (χ2n) is 7.15. The monoisotopic (exact) mass is 404 g/mol. The van der Waals surface area contributed by atoms with E-state index in [1.807, 2.05) is 60.7 Å². The van der Waals surface area contributed by atoms with Crippen molar-refractivity contribution in [1.29, 1.82) is 0 Å². The van der Waals surface area contributed by atoms with Crippen molar-refractivity contribution < 1.29 is 4.74 Å². The van der Waals surface area contributed by atoms with Crippen LogP contribution in [0.4, 0.5) is 0 Å². The van der Waals surface area contributed by atoms with E-state index in [0.29, 0.717) is 6.61 Å². The van der Waals surface area contributed by atoms with Gasteiger partial charge in [-0.05, 0) is 41.5 Å². The van der Waals surface area contributed by atoms with Gasteiger partial charge in [0, 0.05) is 10.9 Å². The highest BCUT2D eigenvalue weighted by molar-refractivity contribution is 5.78. The molecule has 31 heavy (non-hydrogen) atoms. The number of aromatic amines is 1. The Bertz CT molecular complexity index is 1330. The van der Waals surface area contributed by atoms with E-state index in [9.17, 15) is 0 Å². The van der Waals surface area contributed by atoms with E-state index in [0.717, 1.165) is 44.9 Å². The quantitative estimate of drug-likeness (QED) is 0.365. The minimum absolute atomic E-state index is 0.439. The number of ether oxygens (including phenoxy) is 1. The van der Waals surface area contributed by atoms with Crippen molar-refractivity contribution in [2.45, 2.75) is 6.61 Å². The fourth-order valence-electron chi connectivity index (χ4n) is 3.35. The third-order valence-corrected chi connectivity index (χ3v) is 4.97. The molecule has 0 aliphatic heterocycles. The predicted octanol–water partition coefficient (Wildman–Crippen LogP) is 5.77. The van der Waals surface area contributed by atoms with Crippen molar-refractivity contribution in [3.8, 4) is 17.1 Å². The lowest BCUT2D eigenvalue weighted by atomic mass is 10.1. The van der Waals surface area contributed by atoms with Gasteiger partial charge in [-0.2, -0.15) is 5.10 Å². The molecule has 0 fully saturated rings. The lowest BCUT2D eigenvalue weighted by molar-refractivity contribution is 0.302. The highest BCUT2D eigenvalue weighted by Gasteiger charge is 2.01. The Morgan fingerprint density at radius 2 is 1.68 bits per heavy atom. The lowest BCUT2D eigenvalue weighted by Gasteiger charge is -2.07. The average Bonchev–Trinajstić information content (AvgIpc) is 3.37. The van der Waals surface area contributed by atoms with Crippen LogP contribution in [0.15, 0.2) is 91.3 Å². The molecule has 0 saturated heterocycles. The van der Waals surface area contributed by atoms with Crippen LogP contribution in [-0.2, 0) is 6.61 Å². The molecule has 1 N–H and O–H groups in total. The molecule has 0 bridgehead atoms. The normalized spacial score (nSPS) is 11.2. The second kappa shape index (κ2) is 8.63. The number of hydrogen-bond acceptors (Lipinski definition) is 4. The average molecular weight is 404 g/mol. The Hall–Kier alpha value is -4.25. The number of nitrogens with zero attached hydrogens (tertiary/aromatic N) is 3. The van der Waals surface area contributed by atoms with Crippen LogP contribution >= 0.6 is 0 Å². The van der Waals surface area contributed by atoms with Gasteiger partial charge in [-0.25, -0.2) is 9.97 Å². The summed E-state index contributed by atoms with van der Waals surface area (Å²) < 4.78 is 5.91. The lowest BCUT2D eigenvalue weighted by Crippen LogP contribution is -1.98. The van der Waals surface area contributed by atoms with Gasteiger partial charge in [-0.15, -0.1) is 0 Å². The van der Waals surface area contributed by atoms with Crippen molar-refractivity contribution >= 4 is 23.1 Å². The summed E-state index contributed by atoms with van der Waals surface area (Å²) in [5.41, 5.74) is 5.09. The number of para-hydroxylation sites is 1. The maximum atomic E-state index is 5.91. The van der Waals surface area contributed by atoms with Crippen LogP contribution in [0.5, 0.6) is 5.75 Å². The number of fused-ring (bicyclic) bond motifs is 1. The third-order valence-electron chi connectivity index (χ3n) is 4.97. The number of rotatable bonds is 6. The first kappa shape index (κ1) is 18.8. The van der Waals surface area contributed by atoms with Gasteiger partial charge in [0.25, 0.3) is 0 Å². The molecule has 0 saturated carbocycles. The Labute approximate surface area is 180 Å². The van der Waals surface area contributed by atoms with Gasteiger partial charge in [-0.1, -0.05) is 66.7 Å². The maximum Gasteiger partial charge on any atom is 0.155 e. The molecule has 5 nitrogen and oxygen atoms in total. The number of hydrogen-bond donors (Lipinski definition) is 1. The van der Waals surface area contributed by atoms with E-state index in [4.69, 9.17) is 4.74 Å². The predicted molar refractivity (Wildman–Crippen MR) is 123 cm³/mol. The molecule has 0 aliphatic carbocycles. The van der Waals surface area contributed by atoms with Gasteiger partial charge in [0.1, 0.15) is 18.7 Å². The molecule has 0 unspecified atom stereocenters. The Morgan fingerprint density at radius 1 is 0.806 bits per heavy atom. The van der Waals surface area contributed by atoms with Crippen LogP contribution in [0.2, 0.25) is 0 Å². The summed E-state index contributed by atoms with van der Waals surface area (Å²) in [7, 11) is 0. The molecule has 2 aromatic heterocycles. The van der Waals surface area contributed by atoms with E-state index in [1.165, 1.54) is 6.33 Å². The van der Waals surface area contributed by atoms with Gasteiger partial charge < -0.3 is 4.74 Å². The summed E-state index contributed by atoms with van der Waals surface area (Å²) in [5, 5.41) is 7.93. The highest BCUT2D eigenvalue weighted by atomic mass is 16.5. The van der Waals surface area contributed by atoms with E-state index in [-0.39, 0.29) is 0 Å². The van der Waals surface area contributed by atoms with E-state index in [2.05, 4.69) is 56.6 Å². The minimum Gasteiger partial charge on any atom is -0.487 e. The SMILES string of the molecule is C(=C\c1cccc(-c2ncn[nH]2)c1)/c1ccc(OCc2ccc3ccccc3n2)cc1. The zero-order valence-corrected chi connectivity index (χ0v) is 16.8. The fraction of sp³-hybridized carbons (Fsp3) is 0.0385.